The van der Waals surface area contributed by atoms with Crippen molar-refractivity contribution >= 4 is 0 Å². The lowest BCUT2D eigenvalue weighted by atomic mass is 9.97. The Balaban J connectivity index is 1.44. The van der Waals surface area contributed by atoms with Gasteiger partial charge in [-0.2, -0.15) is 4.98 Å². The number of ether oxygens (including phenoxy) is 1. The maximum absolute atomic E-state index is 5.51. The summed E-state index contributed by atoms with van der Waals surface area (Å²) in [6, 6.07) is 14.5. The Morgan fingerprint density at radius 3 is 2.82 bits per heavy atom. The zero-order chi connectivity index (χ0) is 19.5. The molecule has 0 atom stereocenters. The minimum Gasteiger partial charge on any atom is -0.496 e. The molecule has 1 aliphatic rings. The number of rotatable bonds is 6. The highest BCUT2D eigenvalue weighted by Crippen LogP contribution is 2.28. The van der Waals surface area contributed by atoms with Crippen molar-refractivity contribution in [2.45, 2.75) is 26.1 Å². The summed E-state index contributed by atoms with van der Waals surface area (Å²) in [5.74, 6) is 1.95. The van der Waals surface area contributed by atoms with Gasteiger partial charge in [-0.15, -0.1) is 0 Å². The lowest BCUT2D eigenvalue weighted by Crippen LogP contribution is -2.30. The number of benzene rings is 2. The van der Waals surface area contributed by atoms with Crippen molar-refractivity contribution in [1.29, 1.82) is 0 Å². The van der Waals surface area contributed by atoms with Gasteiger partial charge < -0.3 is 14.2 Å². The van der Waals surface area contributed by atoms with Crippen LogP contribution in [0, 0.1) is 0 Å². The zero-order valence-corrected chi connectivity index (χ0v) is 16.7. The molecule has 0 radical (unpaired) electrons. The highest BCUT2D eigenvalue weighted by atomic mass is 16.5. The van der Waals surface area contributed by atoms with Crippen LogP contribution < -0.4 is 4.74 Å². The van der Waals surface area contributed by atoms with Crippen LogP contribution in [0.4, 0.5) is 0 Å². The Morgan fingerprint density at radius 1 is 1.14 bits per heavy atom. The van der Waals surface area contributed by atoms with Crippen molar-refractivity contribution in [3.05, 3.63) is 65.0 Å². The van der Waals surface area contributed by atoms with Gasteiger partial charge in [0, 0.05) is 19.6 Å². The smallest absolute Gasteiger partial charge is 0.241 e. The third-order valence-electron chi connectivity index (χ3n) is 5.04. The topological polar surface area (TPSA) is 54.6 Å². The third-order valence-corrected chi connectivity index (χ3v) is 5.04. The molecule has 0 unspecified atom stereocenters. The molecule has 3 aromatic rings. The van der Waals surface area contributed by atoms with Crippen LogP contribution in [0.15, 0.2) is 47.0 Å². The number of fused-ring (bicyclic) bond motifs is 1. The molecule has 0 N–H and O–H groups in total. The summed E-state index contributed by atoms with van der Waals surface area (Å²) >= 11 is 0. The molecule has 1 aromatic heterocycles. The van der Waals surface area contributed by atoms with E-state index in [4.69, 9.17) is 9.26 Å². The molecule has 0 bridgehead atoms. The SMILES string of the molecule is COc1ccccc1-c1noc(CN2CCc3cc(CN(C)C)ccc3C2)n1. The molecular formula is C22H26N4O2. The summed E-state index contributed by atoms with van der Waals surface area (Å²) in [7, 11) is 5.85. The van der Waals surface area contributed by atoms with Gasteiger partial charge in [-0.05, 0) is 49.3 Å². The number of hydrogen-bond acceptors (Lipinski definition) is 6. The fraction of sp³-hybridized carbons (Fsp3) is 0.364. The van der Waals surface area contributed by atoms with Gasteiger partial charge in [0.15, 0.2) is 0 Å². The van der Waals surface area contributed by atoms with Crippen LogP contribution >= 0.6 is 0 Å². The standard InChI is InChI=1S/C22H26N4O2/c1-25(2)13-16-8-9-18-14-26(11-10-17(18)12-16)15-21-23-22(24-28-21)19-6-4-5-7-20(19)27-3/h4-9,12H,10-11,13-15H2,1-3H3. The van der Waals surface area contributed by atoms with E-state index in [9.17, 15) is 0 Å². The first kappa shape index (κ1) is 18.7. The second-order valence-corrected chi connectivity index (χ2v) is 7.51. The van der Waals surface area contributed by atoms with E-state index in [-0.39, 0.29) is 0 Å². The first-order chi connectivity index (χ1) is 13.6. The number of nitrogens with zero attached hydrogens (tertiary/aromatic N) is 4. The van der Waals surface area contributed by atoms with E-state index in [1.54, 1.807) is 7.11 Å². The average Bonchev–Trinajstić information content (AvgIpc) is 3.16. The molecule has 2 aromatic carbocycles. The van der Waals surface area contributed by atoms with E-state index < -0.39 is 0 Å². The molecule has 0 aliphatic carbocycles. The average molecular weight is 378 g/mol. The zero-order valence-electron chi connectivity index (χ0n) is 16.7. The van der Waals surface area contributed by atoms with E-state index in [0.29, 0.717) is 18.3 Å². The molecular weight excluding hydrogens is 352 g/mol. The first-order valence-electron chi connectivity index (χ1n) is 9.56. The van der Waals surface area contributed by atoms with Crippen molar-refractivity contribution in [2.24, 2.45) is 0 Å². The van der Waals surface area contributed by atoms with Crippen molar-refractivity contribution in [2.75, 3.05) is 27.7 Å². The van der Waals surface area contributed by atoms with Gasteiger partial charge in [-0.3, -0.25) is 4.90 Å². The largest absolute Gasteiger partial charge is 0.496 e. The molecule has 0 saturated carbocycles. The van der Waals surface area contributed by atoms with E-state index in [2.05, 4.69) is 52.2 Å². The summed E-state index contributed by atoms with van der Waals surface area (Å²) in [5, 5.41) is 4.15. The van der Waals surface area contributed by atoms with Crippen LogP contribution in [0.1, 0.15) is 22.6 Å². The Kier molecular flexibility index (Phi) is 5.41. The number of hydrogen-bond donors (Lipinski definition) is 0. The molecule has 6 nitrogen and oxygen atoms in total. The van der Waals surface area contributed by atoms with E-state index in [0.717, 1.165) is 37.4 Å². The lowest BCUT2D eigenvalue weighted by molar-refractivity contribution is 0.210. The van der Waals surface area contributed by atoms with Gasteiger partial charge in [0.2, 0.25) is 11.7 Å². The van der Waals surface area contributed by atoms with Crippen LogP contribution in [0.5, 0.6) is 5.75 Å². The molecule has 0 saturated heterocycles. The fourth-order valence-electron chi connectivity index (χ4n) is 3.71. The van der Waals surface area contributed by atoms with E-state index >= 15 is 0 Å². The Bertz CT molecular complexity index is 951. The summed E-state index contributed by atoms with van der Waals surface area (Å²) in [6.07, 6.45) is 1.05. The van der Waals surface area contributed by atoms with Gasteiger partial charge >= 0.3 is 0 Å². The highest BCUT2D eigenvalue weighted by Gasteiger charge is 2.20. The molecule has 6 heteroatoms. The van der Waals surface area contributed by atoms with Gasteiger partial charge in [0.25, 0.3) is 0 Å². The number of para-hydroxylation sites is 1. The molecule has 146 valence electrons. The second-order valence-electron chi connectivity index (χ2n) is 7.51. The number of methoxy groups -OCH3 is 1. The maximum atomic E-state index is 5.51. The van der Waals surface area contributed by atoms with Crippen LogP contribution in [-0.4, -0.2) is 47.7 Å². The van der Waals surface area contributed by atoms with Gasteiger partial charge in [-0.1, -0.05) is 35.5 Å². The fourth-order valence-corrected chi connectivity index (χ4v) is 3.71. The normalized spacial score (nSPS) is 14.3. The van der Waals surface area contributed by atoms with Crippen LogP contribution in [0.25, 0.3) is 11.4 Å². The summed E-state index contributed by atoms with van der Waals surface area (Å²) < 4.78 is 10.9. The summed E-state index contributed by atoms with van der Waals surface area (Å²) in [4.78, 5) is 9.14. The second kappa shape index (κ2) is 8.12. The molecule has 2 heterocycles. The van der Waals surface area contributed by atoms with Crippen molar-refractivity contribution < 1.29 is 9.26 Å². The van der Waals surface area contributed by atoms with Gasteiger partial charge in [-0.25, -0.2) is 0 Å². The molecule has 0 amide bonds. The monoisotopic (exact) mass is 378 g/mol. The lowest BCUT2D eigenvalue weighted by Gasteiger charge is -2.28. The third kappa shape index (κ3) is 4.08. The summed E-state index contributed by atoms with van der Waals surface area (Å²) in [6.45, 7) is 3.53. The minimum atomic E-state index is 0.568. The quantitative estimate of drug-likeness (QED) is 0.656. The van der Waals surface area contributed by atoms with Crippen LogP contribution in [0.3, 0.4) is 0 Å². The predicted octanol–water partition coefficient (Wildman–Crippen LogP) is 3.37. The van der Waals surface area contributed by atoms with E-state index in [1.165, 1.54) is 16.7 Å². The first-order valence-corrected chi connectivity index (χ1v) is 9.56. The van der Waals surface area contributed by atoms with Crippen LogP contribution in [-0.2, 0) is 26.1 Å². The van der Waals surface area contributed by atoms with Gasteiger partial charge in [0.1, 0.15) is 5.75 Å². The number of aromatic nitrogens is 2. The van der Waals surface area contributed by atoms with Gasteiger partial charge in [0.05, 0.1) is 19.2 Å². The molecule has 0 fully saturated rings. The van der Waals surface area contributed by atoms with Crippen LogP contribution in [0.2, 0.25) is 0 Å². The summed E-state index contributed by atoms with van der Waals surface area (Å²) in [5.41, 5.74) is 5.06. The van der Waals surface area contributed by atoms with Crippen molar-refractivity contribution in [3.8, 4) is 17.1 Å². The highest BCUT2D eigenvalue weighted by molar-refractivity contribution is 5.63. The van der Waals surface area contributed by atoms with Crippen molar-refractivity contribution in [3.63, 3.8) is 0 Å². The Hall–Kier alpha value is -2.70. The molecule has 1 aliphatic heterocycles. The Labute approximate surface area is 165 Å². The molecule has 0 spiro atoms. The van der Waals surface area contributed by atoms with E-state index in [1.807, 2.05) is 24.3 Å². The predicted molar refractivity (Wildman–Crippen MR) is 108 cm³/mol. The Morgan fingerprint density at radius 2 is 2.00 bits per heavy atom. The molecule has 28 heavy (non-hydrogen) atoms. The van der Waals surface area contributed by atoms with Crippen molar-refractivity contribution in [1.82, 2.24) is 19.9 Å². The molecule has 4 rings (SSSR count). The minimum absolute atomic E-state index is 0.568. The maximum Gasteiger partial charge on any atom is 0.241 e.